The Bertz CT molecular complexity index is 480. The van der Waals surface area contributed by atoms with Gasteiger partial charge in [0.05, 0.1) is 6.04 Å². The Morgan fingerprint density at radius 1 is 0.917 bits per heavy atom. The fraction of sp³-hybridized carbons (Fsp3) is 0.650. The smallest absolute Gasteiger partial charge is 0.157 e. The Morgan fingerprint density at radius 3 is 2.21 bits per heavy atom. The highest BCUT2D eigenvalue weighted by molar-refractivity contribution is 8.13. The number of hydrogen-bond acceptors (Lipinski definition) is 2. The summed E-state index contributed by atoms with van der Waals surface area (Å²) in [4.78, 5) is 5.11. The van der Waals surface area contributed by atoms with Gasteiger partial charge >= 0.3 is 0 Å². The number of rotatable bonds is 4. The Labute approximate surface area is 157 Å². The summed E-state index contributed by atoms with van der Waals surface area (Å²) >= 11 is 1.90. The number of amidine groups is 1. The van der Waals surface area contributed by atoms with E-state index in [4.69, 9.17) is 4.99 Å². The SMILES string of the molecule is Cl.c1ccc(CSC(=NC2CCCCC2)NC2CCCCC2)cc1. The summed E-state index contributed by atoms with van der Waals surface area (Å²) in [7, 11) is 0. The Kier molecular flexibility index (Phi) is 9.04. The van der Waals surface area contributed by atoms with Crippen molar-refractivity contribution in [3.8, 4) is 0 Å². The lowest BCUT2D eigenvalue weighted by Crippen LogP contribution is -2.35. The topological polar surface area (TPSA) is 24.4 Å². The number of thioether (sulfide) groups is 1. The van der Waals surface area contributed by atoms with Gasteiger partial charge in [-0.2, -0.15) is 0 Å². The molecule has 0 bridgehead atoms. The lowest BCUT2D eigenvalue weighted by molar-refractivity contribution is 0.411. The third-order valence-electron chi connectivity index (χ3n) is 5.03. The van der Waals surface area contributed by atoms with Crippen molar-refractivity contribution >= 4 is 29.3 Å². The third-order valence-corrected chi connectivity index (χ3v) is 6.00. The third kappa shape index (κ3) is 6.68. The molecule has 2 fully saturated rings. The maximum atomic E-state index is 5.11. The highest BCUT2D eigenvalue weighted by atomic mass is 35.5. The van der Waals surface area contributed by atoms with Gasteiger partial charge in [-0.05, 0) is 31.2 Å². The fourth-order valence-corrected chi connectivity index (χ4v) is 4.61. The van der Waals surface area contributed by atoms with Crippen LogP contribution in [0.1, 0.15) is 69.8 Å². The molecule has 0 aromatic heterocycles. The molecular formula is C20H31ClN2S. The van der Waals surface area contributed by atoms with Crippen molar-refractivity contribution in [3.05, 3.63) is 35.9 Å². The summed E-state index contributed by atoms with van der Waals surface area (Å²) in [6, 6.07) is 12.0. The van der Waals surface area contributed by atoms with Crippen LogP contribution < -0.4 is 5.32 Å². The molecule has 24 heavy (non-hydrogen) atoms. The van der Waals surface area contributed by atoms with Crippen molar-refractivity contribution in [2.24, 2.45) is 4.99 Å². The molecule has 0 heterocycles. The average Bonchev–Trinajstić information content (AvgIpc) is 2.62. The zero-order valence-corrected chi connectivity index (χ0v) is 16.2. The lowest BCUT2D eigenvalue weighted by Gasteiger charge is -2.26. The summed E-state index contributed by atoms with van der Waals surface area (Å²) in [5.41, 5.74) is 1.39. The van der Waals surface area contributed by atoms with Gasteiger partial charge in [0.2, 0.25) is 0 Å². The minimum Gasteiger partial charge on any atom is -0.362 e. The van der Waals surface area contributed by atoms with E-state index in [0.29, 0.717) is 12.1 Å². The first-order valence-corrected chi connectivity index (χ1v) is 10.4. The Hall–Kier alpha value is -0.670. The van der Waals surface area contributed by atoms with Crippen LogP contribution in [-0.4, -0.2) is 17.3 Å². The van der Waals surface area contributed by atoms with Crippen molar-refractivity contribution in [1.82, 2.24) is 5.32 Å². The molecule has 0 saturated heterocycles. The molecule has 2 aliphatic rings. The monoisotopic (exact) mass is 366 g/mol. The van der Waals surface area contributed by atoms with E-state index in [1.165, 1.54) is 74.9 Å². The summed E-state index contributed by atoms with van der Waals surface area (Å²) < 4.78 is 0. The van der Waals surface area contributed by atoms with Gasteiger partial charge in [0.25, 0.3) is 0 Å². The number of nitrogens with one attached hydrogen (secondary N) is 1. The van der Waals surface area contributed by atoms with E-state index < -0.39 is 0 Å². The van der Waals surface area contributed by atoms with Crippen LogP contribution >= 0.6 is 24.2 Å². The van der Waals surface area contributed by atoms with Crippen LogP contribution in [-0.2, 0) is 5.75 Å². The second-order valence-corrected chi connectivity index (χ2v) is 7.94. The highest BCUT2D eigenvalue weighted by Crippen LogP contribution is 2.24. The Morgan fingerprint density at radius 2 is 1.54 bits per heavy atom. The largest absolute Gasteiger partial charge is 0.362 e. The first-order valence-electron chi connectivity index (χ1n) is 9.41. The molecular weight excluding hydrogens is 336 g/mol. The lowest BCUT2D eigenvalue weighted by atomic mass is 9.95. The van der Waals surface area contributed by atoms with Gasteiger partial charge in [0, 0.05) is 11.8 Å². The van der Waals surface area contributed by atoms with Crippen LogP contribution in [0.5, 0.6) is 0 Å². The van der Waals surface area contributed by atoms with Crippen LogP contribution in [0.25, 0.3) is 0 Å². The van der Waals surface area contributed by atoms with Gasteiger partial charge in [0.1, 0.15) is 0 Å². The summed E-state index contributed by atoms with van der Waals surface area (Å²) in [6.07, 6.45) is 13.4. The zero-order chi connectivity index (χ0) is 15.7. The second-order valence-electron chi connectivity index (χ2n) is 6.98. The van der Waals surface area contributed by atoms with Crippen LogP contribution in [0, 0.1) is 0 Å². The van der Waals surface area contributed by atoms with Gasteiger partial charge in [-0.25, -0.2) is 0 Å². The van der Waals surface area contributed by atoms with E-state index in [2.05, 4.69) is 35.6 Å². The van der Waals surface area contributed by atoms with E-state index in [-0.39, 0.29) is 12.4 Å². The van der Waals surface area contributed by atoms with Crippen molar-refractivity contribution in [3.63, 3.8) is 0 Å². The van der Waals surface area contributed by atoms with E-state index in [1.54, 1.807) is 0 Å². The molecule has 0 spiro atoms. The highest BCUT2D eigenvalue weighted by Gasteiger charge is 2.18. The van der Waals surface area contributed by atoms with Crippen LogP contribution in [0.2, 0.25) is 0 Å². The molecule has 4 heteroatoms. The second kappa shape index (κ2) is 11.0. The summed E-state index contributed by atoms with van der Waals surface area (Å²) in [5.74, 6) is 1.02. The minimum atomic E-state index is 0. The van der Waals surface area contributed by atoms with Crippen LogP contribution in [0.15, 0.2) is 35.3 Å². The normalized spacial score (nSPS) is 20.4. The number of halogens is 1. The first-order chi connectivity index (χ1) is 11.4. The molecule has 1 aromatic carbocycles. The van der Waals surface area contributed by atoms with E-state index in [0.717, 1.165) is 5.75 Å². The summed E-state index contributed by atoms with van der Waals surface area (Å²) in [6.45, 7) is 0. The molecule has 3 rings (SSSR count). The molecule has 0 amide bonds. The van der Waals surface area contributed by atoms with E-state index >= 15 is 0 Å². The molecule has 2 aliphatic carbocycles. The van der Waals surface area contributed by atoms with E-state index in [1.807, 2.05) is 11.8 Å². The molecule has 1 aromatic rings. The van der Waals surface area contributed by atoms with Gasteiger partial charge in [-0.15, -0.1) is 12.4 Å². The predicted octanol–water partition coefficient (Wildman–Crippen LogP) is 5.95. The van der Waals surface area contributed by atoms with Crippen molar-refractivity contribution in [2.45, 2.75) is 82.0 Å². The molecule has 134 valence electrons. The first kappa shape index (κ1) is 19.7. The van der Waals surface area contributed by atoms with E-state index in [9.17, 15) is 0 Å². The standard InChI is InChI=1S/C20H30N2S.ClH/c1-4-10-17(11-5-1)16-23-20(21-18-12-6-2-7-13-18)22-19-14-8-3-9-15-19;/h1,4-5,10-11,18-19H,2-3,6-9,12-16H2,(H,21,22);1H. The van der Waals surface area contributed by atoms with Crippen LogP contribution in [0.3, 0.4) is 0 Å². The van der Waals surface area contributed by atoms with Gasteiger partial charge < -0.3 is 5.32 Å². The quantitative estimate of drug-likeness (QED) is 0.525. The molecule has 0 atom stereocenters. The fourth-order valence-electron chi connectivity index (χ4n) is 3.64. The molecule has 0 aliphatic heterocycles. The average molecular weight is 367 g/mol. The van der Waals surface area contributed by atoms with Gasteiger partial charge in [-0.1, -0.05) is 80.6 Å². The van der Waals surface area contributed by atoms with Crippen molar-refractivity contribution in [2.75, 3.05) is 0 Å². The van der Waals surface area contributed by atoms with Crippen LogP contribution in [0.4, 0.5) is 0 Å². The van der Waals surface area contributed by atoms with Crippen molar-refractivity contribution in [1.29, 1.82) is 0 Å². The molecule has 0 radical (unpaired) electrons. The zero-order valence-electron chi connectivity index (χ0n) is 14.6. The number of aliphatic imine (C=N–C) groups is 1. The van der Waals surface area contributed by atoms with Gasteiger partial charge in [0.15, 0.2) is 5.17 Å². The maximum absolute atomic E-state index is 5.11. The molecule has 2 nitrogen and oxygen atoms in total. The molecule has 1 N–H and O–H groups in total. The molecule has 0 unspecified atom stereocenters. The Balaban J connectivity index is 0.00000208. The number of nitrogens with zero attached hydrogens (tertiary/aromatic N) is 1. The maximum Gasteiger partial charge on any atom is 0.157 e. The number of benzene rings is 1. The van der Waals surface area contributed by atoms with Gasteiger partial charge in [-0.3, -0.25) is 4.99 Å². The molecule has 2 saturated carbocycles. The predicted molar refractivity (Wildman–Crippen MR) is 109 cm³/mol. The summed E-state index contributed by atoms with van der Waals surface area (Å²) in [5, 5.41) is 4.99. The van der Waals surface area contributed by atoms with Crippen molar-refractivity contribution < 1.29 is 0 Å². The minimum absolute atomic E-state index is 0. The number of hydrogen-bond donors (Lipinski definition) is 1.